The van der Waals surface area contributed by atoms with Gasteiger partial charge in [-0.1, -0.05) is 29.8 Å². The van der Waals surface area contributed by atoms with Crippen LogP contribution in [0.25, 0.3) is 11.3 Å². The van der Waals surface area contributed by atoms with Gasteiger partial charge in [0.2, 0.25) is 0 Å². The molecule has 0 fully saturated rings. The molecule has 2 aromatic carbocycles. The molecule has 0 aliphatic heterocycles. The number of hydrogen-bond acceptors (Lipinski definition) is 5. The molecule has 210 valence electrons. The van der Waals surface area contributed by atoms with Gasteiger partial charge in [-0.2, -0.15) is 31.3 Å². The van der Waals surface area contributed by atoms with Crippen LogP contribution in [0.2, 0.25) is 5.02 Å². The molecule has 3 aromatic rings. The summed E-state index contributed by atoms with van der Waals surface area (Å²) in [5.41, 5.74) is -2.87. The largest absolute Gasteiger partial charge is 0.463 e. The van der Waals surface area contributed by atoms with Crippen LogP contribution in [0.1, 0.15) is 33.5 Å². The van der Waals surface area contributed by atoms with Gasteiger partial charge < -0.3 is 14.5 Å². The van der Waals surface area contributed by atoms with E-state index in [1.54, 1.807) is 24.3 Å². The van der Waals surface area contributed by atoms with Crippen LogP contribution in [-0.2, 0) is 18.9 Å². The monoisotopic (exact) mass is 574 g/mol. The van der Waals surface area contributed by atoms with Crippen molar-refractivity contribution < 1.29 is 35.9 Å². The Morgan fingerprint density at radius 3 is 2.15 bits per heavy atom. The Balaban J connectivity index is 1.95. The maximum Gasteiger partial charge on any atom is 0.416 e. The van der Waals surface area contributed by atoms with E-state index in [9.17, 15) is 31.1 Å². The molecule has 1 heterocycles. The minimum atomic E-state index is -5.01. The molecule has 0 N–H and O–H groups in total. The highest BCUT2D eigenvalue weighted by Gasteiger charge is 2.37. The fourth-order valence-electron chi connectivity index (χ4n) is 3.66. The zero-order chi connectivity index (χ0) is 29.0. The second kappa shape index (κ2) is 12.2. The lowest BCUT2D eigenvalue weighted by atomic mass is 10.0. The van der Waals surface area contributed by atoms with E-state index in [-0.39, 0.29) is 33.9 Å². The summed E-state index contributed by atoms with van der Waals surface area (Å²) < 4.78 is 85.2. The van der Waals surface area contributed by atoms with Crippen molar-refractivity contribution in [2.24, 2.45) is 0 Å². The third kappa shape index (κ3) is 8.06. The standard InChI is InChI=1S/C26H25ClF6N4O2/c1-36(2)9-6-10-39-24-34-14-20(22(35-24)19-7-4-5-8-21(19)27)23(38)37(3)15-16-11-17(25(28,29)30)13-18(12-16)26(31,32)33/h4-5,7-8,11-14H,6,9-10,15H2,1-3H3. The highest BCUT2D eigenvalue weighted by Crippen LogP contribution is 2.37. The maximum absolute atomic E-state index is 13.4. The number of amides is 1. The van der Waals surface area contributed by atoms with E-state index in [2.05, 4.69) is 9.97 Å². The van der Waals surface area contributed by atoms with Crippen LogP contribution in [0.3, 0.4) is 0 Å². The first-order valence-electron chi connectivity index (χ1n) is 11.6. The zero-order valence-corrected chi connectivity index (χ0v) is 22.0. The Morgan fingerprint density at radius 2 is 1.59 bits per heavy atom. The SMILES string of the molecule is CN(C)CCCOc1ncc(C(=O)N(C)Cc2cc(C(F)(F)F)cc(C(F)(F)F)c2)c(-c2ccccc2Cl)n1. The van der Waals surface area contributed by atoms with E-state index in [0.29, 0.717) is 30.7 Å². The molecule has 0 unspecified atom stereocenters. The number of aromatic nitrogens is 2. The van der Waals surface area contributed by atoms with Crippen molar-refractivity contribution in [1.82, 2.24) is 19.8 Å². The molecule has 0 saturated carbocycles. The first-order chi connectivity index (χ1) is 18.2. The number of alkyl halides is 6. The lowest BCUT2D eigenvalue weighted by Gasteiger charge is -2.21. The van der Waals surface area contributed by atoms with Crippen molar-refractivity contribution in [2.45, 2.75) is 25.3 Å². The van der Waals surface area contributed by atoms with Crippen molar-refractivity contribution in [3.63, 3.8) is 0 Å². The van der Waals surface area contributed by atoms with E-state index in [0.717, 1.165) is 11.4 Å². The third-order valence-corrected chi connectivity index (χ3v) is 5.85. The van der Waals surface area contributed by atoms with Crippen LogP contribution in [0, 0.1) is 0 Å². The van der Waals surface area contributed by atoms with Gasteiger partial charge in [0, 0.05) is 36.9 Å². The van der Waals surface area contributed by atoms with Crippen LogP contribution in [-0.4, -0.2) is 60.0 Å². The number of benzene rings is 2. The van der Waals surface area contributed by atoms with Gasteiger partial charge in [0.05, 0.1) is 29.0 Å². The van der Waals surface area contributed by atoms with Crippen LogP contribution >= 0.6 is 11.6 Å². The molecule has 3 rings (SSSR count). The summed E-state index contributed by atoms with van der Waals surface area (Å²) in [4.78, 5) is 24.8. The Kier molecular flexibility index (Phi) is 9.44. The fraction of sp³-hybridized carbons (Fsp3) is 0.346. The number of halogens is 7. The lowest BCUT2D eigenvalue weighted by molar-refractivity contribution is -0.143. The summed E-state index contributed by atoms with van der Waals surface area (Å²) >= 11 is 6.33. The highest BCUT2D eigenvalue weighted by molar-refractivity contribution is 6.33. The molecule has 6 nitrogen and oxygen atoms in total. The van der Waals surface area contributed by atoms with Gasteiger partial charge >= 0.3 is 18.4 Å². The van der Waals surface area contributed by atoms with Crippen molar-refractivity contribution in [3.05, 3.63) is 75.9 Å². The average molecular weight is 575 g/mol. The molecule has 0 radical (unpaired) electrons. The number of carbonyl (C=O) groups is 1. The number of ether oxygens (including phenoxy) is 1. The molecule has 0 aliphatic carbocycles. The molecule has 1 aromatic heterocycles. The molecule has 39 heavy (non-hydrogen) atoms. The van der Waals surface area contributed by atoms with Crippen molar-refractivity contribution in [1.29, 1.82) is 0 Å². The maximum atomic E-state index is 13.4. The smallest absolute Gasteiger partial charge is 0.416 e. The van der Waals surface area contributed by atoms with Gasteiger partial charge in [-0.15, -0.1) is 0 Å². The third-order valence-electron chi connectivity index (χ3n) is 5.52. The van der Waals surface area contributed by atoms with E-state index in [1.807, 2.05) is 19.0 Å². The van der Waals surface area contributed by atoms with Crippen molar-refractivity contribution in [3.8, 4) is 17.3 Å². The summed E-state index contributed by atoms with van der Waals surface area (Å²) in [6.07, 6.45) is -8.14. The van der Waals surface area contributed by atoms with Gasteiger partial charge in [-0.25, -0.2) is 4.98 Å². The van der Waals surface area contributed by atoms with Gasteiger partial charge in [0.1, 0.15) is 0 Å². The van der Waals surface area contributed by atoms with E-state index >= 15 is 0 Å². The van der Waals surface area contributed by atoms with E-state index in [4.69, 9.17) is 16.3 Å². The quantitative estimate of drug-likeness (QED) is 0.218. The predicted octanol–water partition coefficient (Wildman–Crippen LogP) is 6.44. The molecule has 0 bridgehead atoms. The topological polar surface area (TPSA) is 58.6 Å². The number of carbonyl (C=O) groups excluding carboxylic acids is 1. The molecule has 0 aliphatic rings. The van der Waals surface area contributed by atoms with Crippen LogP contribution in [0.5, 0.6) is 6.01 Å². The Morgan fingerprint density at radius 1 is 0.974 bits per heavy atom. The number of hydrogen-bond donors (Lipinski definition) is 0. The molecule has 0 spiro atoms. The van der Waals surface area contributed by atoms with Gasteiger partial charge in [-0.05, 0) is 50.3 Å². The average Bonchev–Trinajstić information content (AvgIpc) is 2.85. The van der Waals surface area contributed by atoms with Crippen molar-refractivity contribution >= 4 is 17.5 Å². The molecule has 1 amide bonds. The first kappa shape index (κ1) is 30.2. The van der Waals surface area contributed by atoms with Crippen LogP contribution in [0.4, 0.5) is 26.3 Å². The van der Waals surface area contributed by atoms with E-state index in [1.165, 1.54) is 13.2 Å². The predicted molar refractivity (Wildman–Crippen MR) is 133 cm³/mol. The van der Waals surface area contributed by atoms with Gasteiger partial charge in [0.25, 0.3) is 5.91 Å². The number of nitrogens with zero attached hydrogens (tertiary/aromatic N) is 4. The minimum absolute atomic E-state index is 0.0180. The summed E-state index contributed by atoms with van der Waals surface area (Å²) in [5.74, 6) is -0.741. The molecular weight excluding hydrogens is 550 g/mol. The highest BCUT2D eigenvalue weighted by atomic mass is 35.5. The lowest BCUT2D eigenvalue weighted by Crippen LogP contribution is -2.27. The second-order valence-electron chi connectivity index (χ2n) is 8.98. The number of rotatable bonds is 9. The Labute approximate surface area is 226 Å². The van der Waals surface area contributed by atoms with Gasteiger partial charge in [-0.3, -0.25) is 4.79 Å². The first-order valence-corrected chi connectivity index (χ1v) is 12.0. The molecule has 0 atom stereocenters. The normalized spacial score (nSPS) is 12.1. The van der Waals surface area contributed by atoms with Gasteiger partial charge in [0.15, 0.2) is 0 Å². The summed E-state index contributed by atoms with van der Waals surface area (Å²) in [6.45, 7) is 0.505. The summed E-state index contributed by atoms with van der Waals surface area (Å²) in [6, 6.07) is 7.70. The molecular formula is C26H25ClF6N4O2. The van der Waals surface area contributed by atoms with E-state index < -0.39 is 35.9 Å². The Bertz CT molecular complexity index is 1280. The zero-order valence-electron chi connectivity index (χ0n) is 21.2. The summed E-state index contributed by atoms with van der Waals surface area (Å²) in [7, 11) is 5.07. The van der Waals surface area contributed by atoms with Crippen LogP contribution < -0.4 is 4.74 Å². The van der Waals surface area contributed by atoms with Crippen molar-refractivity contribution in [2.75, 3.05) is 34.3 Å². The summed E-state index contributed by atoms with van der Waals surface area (Å²) in [5, 5.41) is 0.263. The second-order valence-corrected chi connectivity index (χ2v) is 9.38. The Hall–Kier alpha value is -3.38. The minimum Gasteiger partial charge on any atom is -0.463 e. The molecule has 0 saturated heterocycles. The molecule has 13 heteroatoms. The van der Waals surface area contributed by atoms with Crippen LogP contribution in [0.15, 0.2) is 48.7 Å². The fourth-order valence-corrected chi connectivity index (χ4v) is 3.88.